The van der Waals surface area contributed by atoms with Gasteiger partial charge in [-0.3, -0.25) is 9.59 Å². The maximum Gasteiger partial charge on any atom is 0.365 e. The Balaban J connectivity index is 2.32. The SMILES string of the molecule is CC(C)CNC(=O)CCNC(=O)c1csc(C(=O)O)n1. The maximum atomic E-state index is 11.6. The van der Waals surface area contributed by atoms with E-state index in [2.05, 4.69) is 15.6 Å². The van der Waals surface area contributed by atoms with Crippen LogP contribution in [0.2, 0.25) is 0 Å². The summed E-state index contributed by atoms with van der Waals surface area (Å²) in [6, 6.07) is 0. The van der Waals surface area contributed by atoms with E-state index in [-0.39, 0.29) is 29.6 Å². The number of nitrogens with zero attached hydrogens (tertiary/aromatic N) is 1. The Morgan fingerprint density at radius 2 is 2.05 bits per heavy atom. The highest BCUT2D eigenvalue weighted by atomic mass is 32.1. The normalized spacial score (nSPS) is 10.3. The van der Waals surface area contributed by atoms with Crippen LogP contribution in [-0.2, 0) is 4.79 Å². The van der Waals surface area contributed by atoms with Crippen LogP contribution in [0, 0.1) is 5.92 Å². The molecule has 1 aromatic rings. The van der Waals surface area contributed by atoms with Crippen molar-refractivity contribution in [2.24, 2.45) is 5.92 Å². The summed E-state index contributed by atoms with van der Waals surface area (Å²) in [5, 5.41) is 15.2. The third kappa shape index (κ3) is 5.35. The number of carbonyl (C=O) groups is 3. The number of carboxylic acids is 1. The molecule has 7 nitrogen and oxygen atoms in total. The molecule has 0 spiro atoms. The van der Waals surface area contributed by atoms with Crippen molar-refractivity contribution in [3.63, 3.8) is 0 Å². The van der Waals surface area contributed by atoms with Crippen molar-refractivity contribution in [2.75, 3.05) is 13.1 Å². The third-order valence-electron chi connectivity index (χ3n) is 2.26. The number of thiazole rings is 1. The van der Waals surface area contributed by atoms with Crippen molar-refractivity contribution < 1.29 is 19.5 Å². The van der Waals surface area contributed by atoms with Gasteiger partial charge in [-0.15, -0.1) is 11.3 Å². The van der Waals surface area contributed by atoms with E-state index in [0.717, 1.165) is 11.3 Å². The number of carbonyl (C=O) groups excluding carboxylic acids is 2. The van der Waals surface area contributed by atoms with Gasteiger partial charge in [0.05, 0.1) is 0 Å². The molecule has 0 radical (unpaired) electrons. The second-order valence-corrected chi connectivity index (χ2v) is 5.40. The van der Waals surface area contributed by atoms with E-state index in [4.69, 9.17) is 5.11 Å². The van der Waals surface area contributed by atoms with Gasteiger partial charge >= 0.3 is 5.97 Å². The van der Waals surface area contributed by atoms with E-state index in [0.29, 0.717) is 12.5 Å². The van der Waals surface area contributed by atoms with Gasteiger partial charge in [0, 0.05) is 24.9 Å². The monoisotopic (exact) mass is 299 g/mol. The molecule has 0 aliphatic heterocycles. The molecule has 3 N–H and O–H groups in total. The minimum Gasteiger partial charge on any atom is -0.476 e. The molecule has 0 unspecified atom stereocenters. The van der Waals surface area contributed by atoms with E-state index in [9.17, 15) is 14.4 Å². The number of hydrogen-bond acceptors (Lipinski definition) is 5. The zero-order valence-electron chi connectivity index (χ0n) is 11.3. The van der Waals surface area contributed by atoms with Crippen molar-refractivity contribution in [2.45, 2.75) is 20.3 Å². The number of carboxylic acid groups (broad SMARTS) is 1. The highest BCUT2D eigenvalue weighted by Crippen LogP contribution is 2.09. The van der Waals surface area contributed by atoms with Gasteiger partial charge in [0.1, 0.15) is 5.69 Å². The molecule has 0 saturated carbocycles. The molecule has 20 heavy (non-hydrogen) atoms. The summed E-state index contributed by atoms with van der Waals surface area (Å²) in [4.78, 5) is 37.3. The lowest BCUT2D eigenvalue weighted by atomic mass is 10.2. The fourth-order valence-electron chi connectivity index (χ4n) is 1.26. The van der Waals surface area contributed by atoms with Gasteiger partial charge in [0.25, 0.3) is 5.91 Å². The van der Waals surface area contributed by atoms with Gasteiger partial charge in [-0.1, -0.05) is 13.8 Å². The first-order chi connectivity index (χ1) is 9.40. The number of aromatic nitrogens is 1. The van der Waals surface area contributed by atoms with E-state index in [1.165, 1.54) is 5.38 Å². The Bertz CT molecular complexity index is 499. The summed E-state index contributed by atoms with van der Waals surface area (Å²) in [6.07, 6.45) is 0.175. The van der Waals surface area contributed by atoms with Crippen molar-refractivity contribution in [1.29, 1.82) is 0 Å². The Labute approximate surface area is 120 Å². The van der Waals surface area contributed by atoms with Crippen LogP contribution in [-0.4, -0.2) is 41.0 Å². The highest BCUT2D eigenvalue weighted by molar-refractivity contribution is 7.11. The summed E-state index contributed by atoms with van der Waals surface area (Å²) in [7, 11) is 0. The predicted molar refractivity (Wildman–Crippen MR) is 73.9 cm³/mol. The van der Waals surface area contributed by atoms with Gasteiger partial charge in [-0.05, 0) is 5.92 Å². The Morgan fingerprint density at radius 3 is 2.60 bits per heavy atom. The number of hydrogen-bond donors (Lipinski definition) is 3. The van der Waals surface area contributed by atoms with Crippen LogP contribution in [0.25, 0.3) is 0 Å². The molecule has 0 saturated heterocycles. The van der Waals surface area contributed by atoms with Crippen LogP contribution < -0.4 is 10.6 Å². The number of amides is 2. The zero-order valence-corrected chi connectivity index (χ0v) is 12.1. The minimum absolute atomic E-state index is 0.0509. The largest absolute Gasteiger partial charge is 0.476 e. The van der Waals surface area contributed by atoms with Crippen LogP contribution in [0.4, 0.5) is 0 Å². The fourth-order valence-corrected chi connectivity index (χ4v) is 1.90. The van der Waals surface area contributed by atoms with Gasteiger partial charge in [0.15, 0.2) is 0 Å². The quantitative estimate of drug-likeness (QED) is 0.688. The van der Waals surface area contributed by atoms with Gasteiger partial charge in [-0.25, -0.2) is 9.78 Å². The molecule has 1 heterocycles. The van der Waals surface area contributed by atoms with Crippen molar-refractivity contribution in [1.82, 2.24) is 15.6 Å². The second-order valence-electron chi connectivity index (χ2n) is 4.55. The predicted octanol–water partition coefficient (Wildman–Crippen LogP) is 0.733. The lowest BCUT2D eigenvalue weighted by molar-refractivity contribution is -0.121. The molecular formula is C12H17N3O4S. The summed E-state index contributed by atoms with van der Waals surface area (Å²) < 4.78 is 0. The lowest BCUT2D eigenvalue weighted by Gasteiger charge is -2.07. The molecule has 8 heteroatoms. The van der Waals surface area contributed by atoms with E-state index in [1.807, 2.05) is 13.8 Å². The molecule has 0 aliphatic carbocycles. The third-order valence-corrected chi connectivity index (χ3v) is 3.10. The molecule has 0 aliphatic rings. The first-order valence-corrected chi connectivity index (χ1v) is 7.01. The van der Waals surface area contributed by atoms with Gasteiger partial charge < -0.3 is 15.7 Å². The molecule has 0 atom stereocenters. The Morgan fingerprint density at radius 1 is 1.35 bits per heavy atom. The summed E-state index contributed by atoms with van der Waals surface area (Å²) in [6.45, 7) is 4.76. The van der Waals surface area contributed by atoms with Crippen molar-refractivity contribution >= 4 is 29.1 Å². The Hall–Kier alpha value is -1.96. The minimum atomic E-state index is -1.16. The second kappa shape index (κ2) is 7.59. The van der Waals surface area contributed by atoms with Crippen LogP contribution >= 0.6 is 11.3 Å². The highest BCUT2D eigenvalue weighted by Gasteiger charge is 2.14. The standard InChI is InChI=1S/C12H17N3O4S/c1-7(2)5-14-9(16)3-4-13-10(17)8-6-20-11(15-8)12(18)19/h6-7H,3-5H2,1-2H3,(H,13,17)(H,14,16)(H,18,19). The molecule has 2 amide bonds. The molecule has 110 valence electrons. The van der Waals surface area contributed by atoms with Crippen LogP contribution in [0.3, 0.4) is 0 Å². The molecular weight excluding hydrogens is 282 g/mol. The maximum absolute atomic E-state index is 11.6. The summed E-state index contributed by atoms with van der Waals surface area (Å²) >= 11 is 0.886. The first kappa shape index (κ1) is 16.1. The summed E-state index contributed by atoms with van der Waals surface area (Å²) in [5.74, 6) is -1.41. The number of rotatable bonds is 7. The van der Waals surface area contributed by atoms with Crippen LogP contribution in [0.5, 0.6) is 0 Å². The zero-order chi connectivity index (χ0) is 15.1. The Kier molecular flexibility index (Phi) is 6.10. The van der Waals surface area contributed by atoms with Crippen LogP contribution in [0.1, 0.15) is 40.6 Å². The van der Waals surface area contributed by atoms with Crippen molar-refractivity contribution in [3.8, 4) is 0 Å². The van der Waals surface area contributed by atoms with Gasteiger partial charge in [0.2, 0.25) is 10.9 Å². The number of aromatic carboxylic acids is 1. The molecule has 1 aromatic heterocycles. The van der Waals surface area contributed by atoms with Crippen molar-refractivity contribution in [3.05, 3.63) is 16.1 Å². The van der Waals surface area contributed by atoms with Gasteiger partial charge in [-0.2, -0.15) is 0 Å². The molecule has 0 bridgehead atoms. The van der Waals surface area contributed by atoms with E-state index in [1.54, 1.807) is 0 Å². The first-order valence-electron chi connectivity index (χ1n) is 6.14. The molecule has 1 rings (SSSR count). The van der Waals surface area contributed by atoms with E-state index < -0.39 is 11.9 Å². The number of nitrogens with one attached hydrogen (secondary N) is 2. The lowest BCUT2D eigenvalue weighted by Crippen LogP contribution is -2.32. The average molecular weight is 299 g/mol. The topological polar surface area (TPSA) is 108 Å². The molecule has 0 aromatic carbocycles. The fraction of sp³-hybridized carbons (Fsp3) is 0.500. The molecule has 0 fully saturated rings. The summed E-state index contributed by atoms with van der Waals surface area (Å²) in [5.41, 5.74) is 0.0509. The smallest absolute Gasteiger partial charge is 0.365 e. The van der Waals surface area contributed by atoms with E-state index >= 15 is 0 Å². The average Bonchev–Trinajstić information content (AvgIpc) is 2.86. The van der Waals surface area contributed by atoms with Crippen LogP contribution in [0.15, 0.2) is 5.38 Å².